The molecule has 3 aromatic heterocycles. The largest absolute Gasteiger partial charge is 0.455 e. The number of aromatic nitrogens is 4. The van der Waals surface area contributed by atoms with E-state index in [1.807, 2.05) is 66.7 Å². The summed E-state index contributed by atoms with van der Waals surface area (Å²) in [6, 6.07) is 64.1. The molecule has 0 unspecified atom stereocenters. The molecule has 5 heteroatoms. The lowest BCUT2D eigenvalue weighted by Gasteiger charge is -2.21. The highest BCUT2D eigenvalue weighted by molar-refractivity contribution is 6.19. The zero-order valence-corrected chi connectivity index (χ0v) is 32.5. The van der Waals surface area contributed by atoms with Crippen molar-refractivity contribution in [3.05, 3.63) is 193 Å². The molecule has 5 nitrogen and oxygen atoms in total. The first-order valence-corrected chi connectivity index (χ1v) is 20.1. The van der Waals surface area contributed by atoms with Gasteiger partial charge in [0.1, 0.15) is 11.2 Å². The van der Waals surface area contributed by atoms with Crippen molar-refractivity contribution in [2.45, 2.75) is 19.3 Å². The van der Waals surface area contributed by atoms with Crippen LogP contribution in [0, 0.1) is 0 Å². The molecule has 0 atom stereocenters. The van der Waals surface area contributed by atoms with E-state index in [0.29, 0.717) is 17.5 Å². The fraction of sp³-hybridized carbons (Fsp3) is 0.0556. The molecule has 278 valence electrons. The maximum atomic E-state index is 7.03. The van der Waals surface area contributed by atoms with Gasteiger partial charge >= 0.3 is 0 Å². The van der Waals surface area contributed by atoms with Crippen LogP contribution in [0.5, 0.6) is 0 Å². The van der Waals surface area contributed by atoms with Gasteiger partial charge in [0.25, 0.3) is 0 Å². The van der Waals surface area contributed by atoms with E-state index < -0.39 is 0 Å². The summed E-state index contributed by atoms with van der Waals surface area (Å²) in [4.78, 5) is 15.1. The minimum Gasteiger partial charge on any atom is -0.455 e. The van der Waals surface area contributed by atoms with Gasteiger partial charge < -0.3 is 8.98 Å². The van der Waals surface area contributed by atoms with E-state index in [9.17, 15) is 0 Å². The van der Waals surface area contributed by atoms with Crippen molar-refractivity contribution in [1.29, 1.82) is 0 Å². The van der Waals surface area contributed by atoms with Gasteiger partial charge in [-0.25, -0.2) is 15.0 Å². The Labute approximate surface area is 340 Å². The topological polar surface area (TPSA) is 56.7 Å². The van der Waals surface area contributed by atoms with Gasteiger partial charge in [0, 0.05) is 49.3 Å². The summed E-state index contributed by atoms with van der Waals surface area (Å²) in [6.45, 7) is 4.70. The number of hydrogen-bond acceptors (Lipinski definition) is 4. The van der Waals surface area contributed by atoms with E-state index >= 15 is 0 Å². The molecule has 12 rings (SSSR count). The van der Waals surface area contributed by atoms with E-state index in [2.05, 4.69) is 134 Å². The molecule has 1 aliphatic rings. The number of benzene rings is 8. The van der Waals surface area contributed by atoms with E-state index in [0.717, 1.165) is 55.4 Å². The van der Waals surface area contributed by atoms with Gasteiger partial charge in [0.15, 0.2) is 17.5 Å². The van der Waals surface area contributed by atoms with E-state index in [1.54, 1.807) is 0 Å². The molecule has 0 saturated heterocycles. The van der Waals surface area contributed by atoms with Crippen molar-refractivity contribution in [3.8, 4) is 62.1 Å². The van der Waals surface area contributed by atoms with Crippen LogP contribution < -0.4 is 0 Å². The average Bonchev–Trinajstić information content (AvgIpc) is 3.92. The third-order valence-corrected chi connectivity index (χ3v) is 12.3. The standard InChI is InChI=1S/C54H36N4O/c1-54(2)43-27-13-12-22-40(43)47-44(54)29-31-46-48(47)42-32-35(28-30-45(42)58(46)36-20-10-5-11-21-36)37-23-14-24-38-39-25-15-26-41(50(39)59-49(37)38)53-56-51(33-16-6-3-7-17-33)55-52(57-53)34-18-8-4-9-19-34/h3-32H,1-2H3. The molecule has 11 aromatic rings. The summed E-state index contributed by atoms with van der Waals surface area (Å²) in [6.07, 6.45) is 0. The first-order valence-electron chi connectivity index (χ1n) is 20.1. The van der Waals surface area contributed by atoms with Crippen LogP contribution in [0.2, 0.25) is 0 Å². The van der Waals surface area contributed by atoms with Crippen LogP contribution >= 0.6 is 0 Å². The Kier molecular flexibility index (Phi) is 7.20. The summed E-state index contributed by atoms with van der Waals surface area (Å²) in [5.74, 6) is 1.79. The molecule has 3 heterocycles. The van der Waals surface area contributed by atoms with Crippen LogP contribution in [-0.2, 0) is 5.41 Å². The van der Waals surface area contributed by atoms with Crippen molar-refractivity contribution in [3.63, 3.8) is 0 Å². The molecule has 0 saturated carbocycles. The minimum atomic E-state index is -0.112. The summed E-state index contributed by atoms with van der Waals surface area (Å²) in [5, 5.41) is 4.55. The molecule has 0 fully saturated rings. The van der Waals surface area contributed by atoms with Gasteiger partial charge in [0.05, 0.1) is 16.6 Å². The SMILES string of the molecule is CC1(C)c2ccccc2-c2c1ccc1c2c2cc(-c3cccc4c3oc3c(-c5nc(-c6ccccc6)nc(-c6ccccc6)n5)cccc34)ccc2n1-c1ccccc1. The summed E-state index contributed by atoms with van der Waals surface area (Å²) in [7, 11) is 0. The number of fused-ring (bicyclic) bond motifs is 10. The number of hydrogen-bond donors (Lipinski definition) is 0. The Morgan fingerprint density at radius 2 is 0.983 bits per heavy atom. The Morgan fingerprint density at radius 3 is 1.68 bits per heavy atom. The fourth-order valence-electron chi connectivity index (χ4n) is 9.48. The van der Waals surface area contributed by atoms with Crippen LogP contribution in [-0.4, -0.2) is 19.5 Å². The third kappa shape index (κ3) is 5.01. The molecule has 0 bridgehead atoms. The van der Waals surface area contributed by atoms with E-state index in [1.165, 1.54) is 44.1 Å². The first kappa shape index (κ1) is 33.5. The number of rotatable bonds is 5. The monoisotopic (exact) mass is 756 g/mol. The second-order valence-electron chi connectivity index (χ2n) is 16.0. The zero-order chi connectivity index (χ0) is 39.2. The third-order valence-electron chi connectivity index (χ3n) is 12.3. The quantitative estimate of drug-likeness (QED) is 0.175. The Bertz CT molecular complexity index is 3400. The molecule has 0 N–H and O–H groups in total. The van der Waals surface area contributed by atoms with Crippen molar-refractivity contribution in [2.24, 2.45) is 0 Å². The van der Waals surface area contributed by atoms with Crippen molar-refractivity contribution >= 4 is 43.7 Å². The van der Waals surface area contributed by atoms with Crippen LogP contribution in [0.1, 0.15) is 25.0 Å². The van der Waals surface area contributed by atoms with Crippen LogP contribution in [0.15, 0.2) is 186 Å². The molecule has 59 heavy (non-hydrogen) atoms. The predicted octanol–water partition coefficient (Wildman–Crippen LogP) is 13.8. The van der Waals surface area contributed by atoms with E-state index in [4.69, 9.17) is 19.4 Å². The second kappa shape index (κ2) is 12.7. The van der Waals surface area contributed by atoms with Gasteiger partial charge in [0.2, 0.25) is 0 Å². The molecule has 0 aliphatic heterocycles. The molecule has 0 spiro atoms. The molecule has 0 radical (unpaired) electrons. The highest BCUT2D eigenvalue weighted by Gasteiger charge is 2.37. The smallest absolute Gasteiger partial charge is 0.167 e. The van der Waals surface area contributed by atoms with Crippen LogP contribution in [0.4, 0.5) is 0 Å². The lowest BCUT2D eigenvalue weighted by Crippen LogP contribution is -2.14. The fourth-order valence-corrected chi connectivity index (χ4v) is 9.48. The van der Waals surface area contributed by atoms with Crippen LogP contribution in [0.25, 0.3) is 106 Å². The molecular weight excluding hydrogens is 721 g/mol. The zero-order valence-electron chi connectivity index (χ0n) is 32.5. The minimum absolute atomic E-state index is 0.112. The van der Waals surface area contributed by atoms with Gasteiger partial charge in [-0.3, -0.25) is 0 Å². The Balaban J connectivity index is 1.09. The second-order valence-corrected chi connectivity index (χ2v) is 16.0. The lowest BCUT2D eigenvalue weighted by atomic mass is 9.82. The van der Waals surface area contributed by atoms with Gasteiger partial charge in [-0.1, -0.05) is 159 Å². The van der Waals surface area contributed by atoms with Gasteiger partial charge in [-0.2, -0.15) is 0 Å². The molecule has 1 aliphatic carbocycles. The highest BCUT2D eigenvalue weighted by atomic mass is 16.3. The number of para-hydroxylation sites is 3. The summed E-state index contributed by atoms with van der Waals surface area (Å²) < 4.78 is 9.45. The predicted molar refractivity (Wildman–Crippen MR) is 241 cm³/mol. The van der Waals surface area contributed by atoms with Crippen LogP contribution in [0.3, 0.4) is 0 Å². The normalized spacial score (nSPS) is 13.1. The first-order chi connectivity index (χ1) is 29.0. The molecular formula is C54H36N4O. The van der Waals surface area contributed by atoms with Crippen molar-refractivity contribution < 1.29 is 4.42 Å². The maximum Gasteiger partial charge on any atom is 0.167 e. The highest BCUT2D eigenvalue weighted by Crippen LogP contribution is 2.53. The number of nitrogens with zero attached hydrogens (tertiary/aromatic N) is 4. The Morgan fingerprint density at radius 1 is 0.424 bits per heavy atom. The van der Waals surface area contributed by atoms with Crippen molar-refractivity contribution in [2.75, 3.05) is 0 Å². The summed E-state index contributed by atoms with van der Waals surface area (Å²) in [5.41, 5.74) is 15.1. The van der Waals surface area contributed by atoms with Crippen molar-refractivity contribution in [1.82, 2.24) is 19.5 Å². The maximum absolute atomic E-state index is 7.03. The summed E-state index contributed by atoms with van der Waals surface area (Å²) >= 11 is 0. The molecule has 0 amide bonds. The average molecular weight is 757 g/mol. The molecule has 8 aromatic carbocycles. The van der Waals surface area contributed by atoms with Gasteiger partial charge in [-0.05, 0) is 64.2 Å². The van der Waals surface area contributed by atoms with E-state index in [-0.39, 0.29) is 5.41 Å². The lowest BCUT2D eigenvalue weighted by molar-refractivity contribution is 0.661. The number of furan rings is 1. The van der Waals surface area contributed by atoms with Gasteiger partial charge in [-0.15, -0.1) is 0 Å². The Hall–Kier alpha value is -7.63.